The van der Waals surface area contributed by atoms with Gasteiger partial charge in [0.1, 0.15) is 0 Å². The summed E-state index contributed by atoms with van der Waals surface area (Å²) >= 11 is 0. The van der Waals surface area contributed by atoms with Crippen LogP contribution < -0.4 is 26.2 Å². The topological polar surface area (TPSA) is 6.48 Å². The van der Waals surface area contributed by atoms with E-state index >= 15 is 0 Å². The Morgan fingerprint density at radius 2 is 1.02 bits per heavy atom. The van der Waals surface area contributed by atoms with Gasteiger partial charge in [0.15, 0.2) is 0 Å². The van der Waals surface area contributed by atoms with Crippen molar-refractivity contribution in [2.75, 3.05) is 9.80 Å². The van der Waals surface area contributed by atoms with Crippen LogP contribution in [0.15, 0.2) is 96.9 Å². The molecule has 0 spiro atoms. The molecular formula is C47H55BN2. The summed E-state index contributed by atoms with van der Waals surface area (Å²) in [7, 11) is 0. The lowest BCUT2D eigenvalue weighted by Crippen LogP contribution is -2.61. The van der Waals surface area contributed by atoms with Gasteiger partial charge in [-0.3, -0.25) is 0 Å². The van der Waals surface area contributed by atoms with Gasteiger partial charge in [0.25, 0.3) is 6.71 Å². The molecule has 0 N–H and O–H groups in total. The minimum Gasteiger partial charge on any atom is -0.311 e. The van der Waals surface area contributed by atoms with E-state index in [9.17, 15) is 8.22 Å². The van der Waals surface area contributed by atoms with Crippen molar-refractivity contribution in [2.24, 2.45) is 0 Å². The fourth-order valence-electron chi connectivity index (χ4n) is 7.03. The number of rotatable bonds is 2. The van der Waals surface area contributed by atoms with E-state index in [0.29, 0.717) is 50.5 Å². The first-order valence-corrected chi connectivity index (χ1v) is 17.6. The molecule has 7 rings (SSSR count). The van der Waals surface area contributed by atoms with Crippen molar-refractivity contribution in [3.8, 4) is 0 Å². The third kappa shape index (κ3) is 5.77. The van der Waals surface area contributed by atoms with E-state index in [-0.39, 0.29) is 63.8 Å². The lowest BCUT2D eigenvalue weighted by molar-refractivity contribution is 0.569. The van der Waals surface area contributed by atoms with Gasteiger partial charge in [0.2, 0.25) is 0 Å². The fraction of sp³-hybridized carbons (Fsp3) is 0.362. The molecule has 2 heterocycles. The molecule has 0 saturated carbocycles. The van der Waals surface area contributed by atoms with Gasteiger partial charge in [-0.15, -0.1) is 0 Å². The first-order chi connectivity index (χ1) is 27.8. The summed E-state index contributed by atoms with van der Waals surface area (Å²) in [5, 5.41) is 0. The number of hydrogen-bond donors (Lipinski definition) is 0. The van der Waals surface area contributed by atoms with Crippen LogP contribution in [0.1, 0.15) is 126 Å². The highest BCUT2D eigenvalue weighted by Gasteiger charge is 2.44. The van der Waals surface area contributed by atoms with Crippen molar-refractivity contribution in [2.45, 2.75) is 112 Å². The Bertz CT molecular complexity index is 2620. The Balaban J connectivity index is 1.76. The molecule has 256 valence electrons. The Labute approximate surface area is 318 Å². The van der Waals surface area contributed by atoms with E-state index in [0.717, 1.165) is 11.1 Å². The monoisotopic (exact) mass is 670 g/mol. The molecule has 0 amide bonds. The average molecular weight is 670 g/mol. The van der Waals surface area contributed by atoms with Crippen LogP contribution in [-0.4, -0.2) is 6.71 Å². The number of anilines is 6. The predicted octanol–water partition coefficient (Wildman–Crippen LogP) is 11.3. The number of aryl methyl sites for hydroxylation is 1. The standard InChI is InChI=1S/C47H55BN2/c1-30-24-41-43-42(25-30)50(36-27-33(46(8,9)10)26-34(28-36)47(11,12)13)39-17-15-14-16-37(39)48(43)38-29-32(45(5,6)7)20-23-40(38)49(41)35-21-18-31(19-22-35)44(2,3)4/h14-29H,1-13H3/i1D3,14D,15D,16D,17D,18D,19D,20D,29D. The van der Waals surface area contributed by atoms with Gasteiger partial charge in [0.05, 0.1) is 11.0 Å². The maximum atomic E-state index is 10.0. The van der Waals surface area contributed by atoms with Gasteiger partial charge in [-0.25, -0.2) is 0 Å². The number of benzene rings is 5. The number of nitrogens with zero attached hydrogens (tertiary/aromatic N) is 2. The summed E-state index contributed by atoms with van der Waals surface area (Å²) in [5.74, 6) is 0. The summed E-state index contributed by atoms with van der Waals surface area (Å²) in [4.78, 5) is 3.54. The second-order valence-corrected chi connectivity index (χ2v) is 18.0. The van der Waals surface area contributed by atoms with E-state index in [1.807, 2.05) is 53.7 Å². The molecule has 2 aliphatic rings. The Hall–Kier alpha value is -4.24. The van der Waals surface area contributed by atoms with Gasteiger partial charge in [-0.05, 0) is 121 Å². The molecule has 2 aliphatic heterocycles. The summed E-state index contributed by atoms with van der Waals surface area (Å²) in [5.41, 5.74) is 4.30. The third-order valence-corrected chi connectivity index (χ3v) is 9.93. The molecule has 2 nitrogen and oxygen atoms in total. The van der Waals surface area contributed by atoms with Crippen molar-refractivity contribution in [1.29, 1.82) is 0 Å². The first kappa shape index (κ1) is 23.3. The molecule has 3 heteroatoms. The van der Waals surface area contributed by atoms with E-state index < -0.39 is 36.5 Å². The molecule has 5 aromatic rings. The molecule has 0 bridgehead atoms. The highest BCUT2D eigenvalue weighted by Crippen LogP contribution is 2.46. The van der Waals surface area contributed by atoms with Gasteiger partial charge in [-0.2, -0.15) is 0 Å². The molecule has 5 aromatic carbocycles. The largest absolute Gasteiger partial charge is 0.311 e. The van der Waals surface area contributed by atoms with Crippen LogP contribution in [0, 0.1) is 6.85 Å². The Morgan fingerprint density at radius 3 is 1.56 bits per heavy atom. The molecule has 0 saturated heterocycles. The van der Waals surface area contributed by atoms with Crippen LogP contribution in [0.3, 0.4) is 0 Å². The zero-order chi connectivity index (χ0) is 45.6. The highest BCUT2D eigenvalue weighted by atomic mass is 15.2. The number of fused-ring (bicyclic) bond motifs is 4. The number of hydrogen-bond acceptors (Lipinski definition) is 2. The summed E-state index contributed by atoms with van der Waals surface area (Å²) in [6.07, 6.45) is 0. The highest BCUT2D eigenvalue weighted by molar-refractivity contribution is 7.00. The maximum Gasteiger partial charge on any atom is 0.252 e. The summed E-state index contributed by atoms with van der Waals surface area (Å²) < 4.78 is 102. The fourth-order valence-corrected chi connectivity index (χ4v) is 7.03. The molecular weight excluding hydrogens is 603 g/mol. The lowest BCUT2D eigenvalue weighted by atomic mass is 9.33. The van der Waals surface area contributed by atoms with E-state index in [1.165, 1.54) is 0 Å². The molecule has 0 fully saturated rings. The van der Waals surface area contributed by atoms with Crippen LogP contribution in [0.25, 0.3) is 0 Å². The van der Waals surface area contributed by atoms with Crippen LogP contribution in [0.4, 0.5) is 34.1 Å². The van der Waals surface area contributed by atoms with Gasteiger partial charge in [0, 0.05) is 38.2 Å². The maximum absolute atomic E-state index is 10.0. The Morgan fingerprint density at radius 1 is 0.500 bits per heavy atom. The smallest absolute Gasteiger partial charge is 0.252 e. The molecule has 0 atom stereocenters. The van der Waals surface area contributed by atoms with E-state index in [1.54, 1.807) is 40.1 Å². The first-order valence-electron chi connectivity index (χ1n) is 23.1. The van der Waals surface area contributed by atoms with Crippen LogP contribution in [0.5, 0.6) is 0 Å². The van der Waals surface area contributed by atoms with Crippen LogP contribution in [0.2, 0.25) is 0 Å². The van der Waals surface area contributed by atoms with E-state index in [2.05, 4.69) is 47.6 Å². The van der Waals surface area contributed by atoms with Gasteiger partial charge < -0.3 is 9.80 Å². The van der Waals surface area contributed by atoms with Gasteiger partial charge in [-0.1, -0.05) is 131 Å². The SMILES string of the molecule is [2H]c1cc(N2c3cc(C([2H])([2H])[2H])cc4c3B(c3c2cc([2H])c(C(C)(C)C)c3[2H])c2c([2H])c([2H])c([2H])c([2H])c2N4c2cc(C(C)(C)C)cc(C(C)(C)C)c2)cc([2H])c1C(C)(C)C. The quantitative estimate of drug-likeness (QED) is 0.169. The van der Waals surface area contributed by atoms with Crippen molar-refractivity contribution in [3.05, 3.63) is 125 Å². The minimum absolute atomic E-state index is 0.0292. The molecule has 0 aromatic heterocycles. The zero-order valence-electron chi connectivity index (χ0n) is 42.6. The molecule has 0 aliphatic carbocycles. The molecule has 0 radical (unpaired) electrons. The third-order valence-electron chi connectivity index (χ3n) is 9.93. The van der Waals surface area contributed by atoms with Crippen LogP contribution in [-0.2, 0) is 21.7 Å². The zero-order valence-corrected chi connectivity index (χ0v) is 31.6. The summed E-state index contributed by atoms with van der Waals surface area (Å²) in [6.45, 7) is 20.6. The van der Waals surface area contributed by atoms with Crippen LogP contribution >= 0.6 is 0 Å². The predicted molar refractivity (Wildman–Crippen MR) is 220 cm³/mol. The Kier molecular flexibility index (Phi) is 5.30. The minimum atomic E-state index is -2.65. The summed E-state index contributed by atoms with van der Waals surface area (Å²) in [6, 6.07) is 13.1. The lowest BCUT2D eigenvalue weighted by Gasteiger charge is -2.45. The molecule has 0 unspecified atom stereocenters. The second-order valence-electron chi connectivity index (χ2n) is 18.0. The van der Waals surface area contributed by atoms with Gasteiger partial charge >= 0.3 is 0 Å². The number of para-hydroxylation sites is 1. The molecule has 50 heavy (non-hydrogen) atoms. The van der Waals surface area contributed by atoms with E-state index in [4.69, 9.17) is 6.85 Å². The average Bonchev–Trinajstić information content (AvgIpc) is 3.09. The van der Waals surface area contributed by atoms with Crippen molar-refractivity contribution in [1.82, 2.24) is 0 Å². The van der Waals surface area contributed by atoms with Crippen molar-refractivity contribution < 1.29 is 15.1 Å². The van der Waals surface area contributed by atoms with Crippen molar-refractivity contribution >= 4 is 57.2 Å². The second kappa shape index (κ2) is 11.4. The normalized spacial score (nSPS) is 17.8. The van der Waals surface area contributed by atoms with Crippen molar-refractivity contribution in [3.63, 3.8) is 0 Å².